The lowest BCUT2D eigenvalue weighted by molar-refractivity contribution is 0.479. The second-order valence-electron chi connectivity index (χ2n) is 5.16. The first-order valence-corrected chi connectivity index (χ1v) is 9.77. The summed E-state index contributed by atoms with van der Waals surface area (Å²) < 4.78 is 64.1. The number of hydrogen-bond donors (Lipinski definition) is 4. The Kier molecular flexibility index (Phi) is 5.31. The van der Waals surface area contributed by atoms with E-state index in [0.717, 1.165) is 18.2 Å². The molecule has 2 aromatic rings. The Bertz CT molecular complexity index is 1040. The fourth-order valence-corrected chi connectivity index (χ4v) is 2.98. The van der Waals surface area contributed by atoms with Crippen LogP contribution in [0.1, 0.15) is 0 Å². The van der Waals surface area contributed by atoms with Crippen molar-refractivity contribution in [2.75, 3.05) is 36.7 Å². The molecule has 0 saturated heterocycles. The molecule has 0 unspecified atom stereocenters. The van der Waals surface area contributed by atoms with Crippen molar-refractivity contribution in [3.8, 4) is 0 Å². The van der Waals surface area contributed by atoms with Crippen molar-refractivity contribution in [2.24, 2.45) is 0 Å². The Balaban J connectivity index is 2.62. The first-order valence-electron chi connectivity index (χ1n) is 6.89. The van der Waals surface area contributed by atoms with Crippen LogP contribution in [0.4, 0.5) is 23.5 Å². The molecule has 14 heteroatoms. The number of nitrogens with one attached hydrogen (secondary N) is 2. The zero-order valence-electron chi connectivity index (χ0n) is 13.9. The molecular formula is C12H16N6O6S2. The first kappa shape index (κ1) is 19.8. The SMILES string of the molecule is CNc1nc(Nc2cc(S(=O)(=O)O)ccc2S(=O)(=O)O)nc(N(C)C)n1. The number of rotatable bonds is 6. The summed E-state index contributed by atoms with van der Waals surface area (Å²) in [7, 11) is -4.41. The zero-order chi connectivity index (χ0) is 19.7. The van der Waals surface area contributed by atoms with Gasteiger partial charge in [-0.05, 0) is 18.2 Å². The lowest BCUT2D eigenvalue weighted by Gasteiger charge is -2.14. The van der Waals surface area contributed by atoms with Gasteiger partial charge >= 0.3 is 0 Å². The van der Waals surface area contributed by atoms with Gasteiger partial charge in [-0.25, -0.2) is 0 Å². The van der Waals surface area contributed by atoms with Gasteiger partial charge in [-0.15, -0.1) is 0 Å². The third kappa shape index (κ3) is 4.54. The monoisotopic (exact) mass is 404 g/mol. The van der Waals surface area contributed by atoms with Crippen LogP contribution in [0.25, 0.3) is 0 Å². The summed E-state index contributed by atoms with van der Waals surface area (Å²) in [6.45, 7) is 0. The van der Waals surface area contributed by atoms with Crippen molar-refractivity contribution in [3.05, 3.63) is 18.2 Å². The van der Waals surface area contributed by atoms with Crippen molar-refractivity contribution in [1.82, 2.24) is 15.0 Å². The van der Waals surface area contributed by atoms with Gasteiger partial charge in [0.1, 0.15) is 4.90 Å². The molecule has 0 atom stereocenters. The van der Waals surface area contributed by atoms with Crippen LogP contribution in [-0.4, -0.2) is 62.0 Å². The lowest BCUT2D eigenvalue weighted by atomic mass is 10.3. The maximum atomic E-state index is 11.5. The summed E-state index contributed by atoms with van der Waals surface area (Å²) >= 11 is 0. The highest BCUT2D eigenvalue weighted by atomic mass is 32.2. The standard InChI is InChI=1S/C12H16N6O6S2/c1-13-10-15-11(17-12(16-10)18(2)3)14-8-6-7(25(19,20)21)4-5-9(8)26(22,23)24/h4-6H,1-3H3,(H,19,20,21)(H,22,23,24)(H2,13,14,15,16,17). The molecule has 0 aliphatic rings. The summed E-state index contributed by atoms with van der Waals surface area (Å²) in [6, 6.07) is 2.49. The Hall–Kier alpha value is -2.55. The molecule has 0 aliphatic heterocycles. The second kappa shape index (κ2) is 6.99. The van der Waals surface area contributed by atoms with Crippen molar-refractivity contribution in [1.29, 1.82) is 0 Å². The van der Waals surface area contributed by atoms with E-state index >= 15 is 0 Å². The Morgan fingerprint density at radius 2 is 1.58 bits per heavy atom. The molecular weight excluding hydrogens is 388 g/mol. The van der Waals surface area contributed by atoms with Crippen LogP contribution < -0.4 is 15.5 Å². The molecule has 0 spiro atoms. The Morgan fingerprint density at radius 1 is 0.962 bits per heavy atom. The molecule has 1 aromatic carbocycles. The minimum atomic E-state index is -4.69. The van der Waals surface area contributed by atoms with Crippen molar-refractivity contribution >= 4 is 43.8 Å². The minimum absolute atomic E-state index is 0.120. The van der Waals surface area contributed by atoms with Crippen LogP contribution in [-0.2, 0) is 20.2 Å². The molecule has 26 heavy (non-hydrogen) atoms. The van der Waals surface area contributed by atoms with Crippen molar-refractivity contribution in [3.63, 3.8) is 0 Å². The Labute approximate surface area is 149 Å². The highest BCUT2D eigenvalue weighted by Gasteiger charge is 2.21. The predicted molar refractivity (Wildman–Crippen MR) is 93.1 cm³/mol. The van der Waals surface area contributed by atoms with Gasteiger partial charge < -0.3 is 15.5 Å². The molecule has 1 aromatic heterocycles. The van der Waals surface area contributed by atoms with E-state index in [4.69, 9.17) is 4.55 Å². The van der Waals surface area contributed by atoms with Crippen LogP contribution in [0.5, 0.6) is 0 Å². The molecule has 0 amide bonds. The fraction of sp³-hybridized carbons (Fsp3) is 0.250. The normalized spacial score (nSPS) is 11.9. The third-order valence-electron chi connectivity index (χ3n) is 3.02. The van der Waals surface area contributed by atoms with Gasteiger partial charge in [0.15, 0.2) is 0 Å². The quantitative estimate of drug-likeness (QED) is 0.483. The average molecular weight is 404 g/mol. The van der Waals surface area contributed by atoms with Crippen LogP contribution in [0, 0.1) is 0 Å². The van der Waals surface area contributed by atoms with E-state index < -0.39 is 30.0 Å². The average Bonchev–Trinajstić information content (AvgIpc) is 2.52. The lowest BCUT2D eigenvalue weighted by Crippen LogP contribution is -2.16. The fourth-order valence-electron chi connectivity index (χ4n) is 1.85. The molecule has 142 valence electrons. The minimum Gasteiger partial charge on any atom is -0.357 e. The van der Waals surface area contributed by atoms with Crippen LogP contribution in [0.2, 0.25) is 0 Å². The van der Waals surface area contributed by atoms with E-state index in [1.165, 1.54) is 0 Å². The number of aromatic nitrogens is 3. The van der Waals surface area contributed by atoms with E-state index in [1.807, 2.05) is 0 Å². The van der Waals surface area contributed by atoms with E-state index in [0.29, 0.717) is 0 Å². The van der Waals surface area contributed by atoms with Crippen molar-refractivity contribution in [2.45, 2.75) is 9.79 Å². The predicted octanol–water partition coefficient (Wildman–Crippen LogP) is 0.216. The van der Waals surface area contributed by atoms with Gasteiger partial charge in [0.25, 0.3) is 20.2 Å². The van der Waals surface area contributed by atoms with Gasteiger partial charge in [-0.3, -0.25) is 9.11 Å². The molecule has 12 nitrogen and oxygen atoms in total. The summed E-state index contributed by atoms with van der Waals surface area (Å²) in [5, 5.41) is 5.21. The van der Waals surface area contributed by atoms with E-state index in [1.54, 1.807) is 26.0 Å². The maximum Gasteiger partial charge on any atom is 0.296 e. The number of nitrogens with zero attached hydrogens (tertiary/aromatic N) is 4. The summed E-state index contributed by atoms with van der Waals surface area (Å²) in [4.78, 5) is 12.5. The number of anilines is 4. The smallest absolute Gasteiger partial charge is 0.296 e. The van der Waals surface area contributed by atoms with Crippen LogP contribution >= 0.6 is 0 Å². The van der Waals surface area contributed by atoms with Gasteiger partial charge in [0, 0.05) is 21.1 Å². The van der Waals surface area contributed by atoms with Crippen LogP contribution in [0.3, 0.4) is 0 Å². The van der Waals surface area contributed by atoms with Gasteiger partial charge in [-0.1, -0.05) is 0 Å². The molecule has 0 saturated carbocycles. The molecule has 0 radical (unpaired) electrons. The maximum absolute atomic E-state index is 11.5. The van der Waals surface area contributed by atoms with E-state index in [-0.39, 0.29) is 23.5 Å². The largest absolute Gasteiger partial charge is 0.357 e. The molecule has 0 bridgehead atoms. The first-order chi connectivity index (χ1) is 11.9. The van der Waals surface area contributed by atoms with Crippen molar-refractivity contribution < 1.29 is 25.9 Å². The summed E-state index contributed by atoms with van der Waals surface area (Å²) in [5.41, 5.74) is -0.347. The summed E-state index contributed by atoms with van der Waals surface area (Å²) in [5.74, 6) is 0.266. The molecule has 0 aliphatic carbocycles. The highest BCUT2D eigenvalue weighted by Crippen LogP contribution is 2.27. The molecule has 0 fully saturated rings. The molecule has 2 rings (SSSR count). The zero-order valence-corrected chi connectivity index (χ0v) is 15.5. The molecule has 1 heterocycles. The van der Waals surface area contributed by atoms with Gasteiger partial charge in [-0.2, -0.15) is 31.8 Å². The second-order valence-corrected chi connectivity index (χ2v) is 7.97. The number of hydrogen-bond acceptors (Lipinski definition) is 10. The summed E-state index contributed by atoms with van der Waals surface area (Å²) in [6.07, 6.45) is 0. The third-order valence-corrected chi connectivity index (χ3v) is 4.78. The number of benzene rings is 1. The van der Waals surface area contributed by atoms with E-state index in [2.05, 4.69) is 25.6 Å². The molecule has 4 N–H and O–H groups in total. The topological polar surface area (TPSA) is 175 Å². The van der Waals surface area contributed by atoms with Gasteiger partial charge in [0.2, 0.25) is 17.8 Å². The van der Waals surface area contributed by atoms with E-state index in [9.17, 15) is 21.4 Å². The Morgan fingerprint density at radius 3 is 2.08 bits per heavy atom. The van der Waals surface area contributed by atoms with Crippen LogP contribution in [0.15, 0.2) is 28.0 Å². The highest BCUT2D eigenvalue weighted by molar-refractivity contribution is 7.86. The van der Waals surface area contributed by atoms with Gasteiger partial charge in [0.05, 0.1) is 10.6 Å².